The van der Waals surface area contributed by atoms with E-state index >= 15 is 0 Å². The monoisotopic (exact) mass is 260 g/mol. The van der Waals surface area contributed by atoms with Gasteiger partial charge in [0.2, 0.25) is 0 Å². The molecule has 0 aliphatic carbocycles. The second kappa shape index (κ2) is 6.39. The molecule has 1 atom stereocenters. The maximum Gasteiger partial charge on any atom is 0.356 e. The lowest BCUT2D eigenvalue weighted by molar-refractivity contribution is 0.0691. The highest BCUT2D eigenvalue weighted by atomic mass is 35.5. The smallest absolute Gasteiger partial charge is 0.356 e. The number of ether oxygens (including phenoxy) is 1. The zero-order valence-electron chi connectivity index (χ0n) is 9.18. The van der Waals surface area contributed by atoms with Crippen molar-refractivity contribution < 1.29 is 19.7 Å². The number of carbonyl (C=O) groups is 1. The Balaban J connectivity index is 2.84. The SMILES string of the molecule is COCC(CO)Nc1ccc(Cl)c(C(=O)O)n1. The summed E-state index contributed by atoms with van der Waals surface area (Å²) in [6.45, 7) is 0.129. The molecule has 1 aromatic rings. The molecule has 0 aliphatic rings. The van der Waals surface area contributed by atoms with Crippen molar-refractivity contribution in [2.45, 2.75) is 6.04 Å². The summed E-state index contributed by atoms with van der Waals surface area (Å²) in [5, 5.41) is 20.8. The van der Waals surface area contributed by atoms with Crippen LogP contribution in [0.1, 0.15) is 10.5 Å². The van der Waals surface area contributed by atoms with Crippen molar-refractivity contribution in [1.29, 1.82) is 0 Å². The lowest BCUT2D eigenvalue weighted by Crippen LogP contribution is -2.29. The molecule has 7 heteroatoms. The third kappa shape index (κ3) is 3.85. The fraction of sp³-hybridized carbons (Fsp3) is 0.400. The van der Waals surface area contributed by atoms with Crippen molar-refractivity contribution in [2.75, 3.05) is 25.6 Å². The van der Waals surface area contributed by atoms with E-state index in [9.17, 15) is 4.79 Å². The van der Waals surface area contributed by atoms with Gasteiger partial charge in [0, 0.05) is 7.11 Å². The van der Waals surface area contributed by atoms with Crippen LogP contribution in [0.15, 0.2) is 12.1 Å². The molecular weight excluding hydrogens is 248 g/mol. The zero-order valence-corrected chi connectivity index (χ0v) is 9.94. The minimum atomic E-state index is -1.20. The number of aromatic nitrogens is 1. The number of rotatable bonds is 6. The first-order valence-corrected chi connectivity index (χ1v) is 5.22. The Hall–Kier alpha value is -1.37. The molecule has 0 amide bonds. The Morgan fingerprint density at radius 1 is 1.65 bits per heavy atom. The van der Waals surface area contributed by atoms with E-state index in [1.807, 2.05) is 0 Å². The molecule has 17 heavy (non-hydrogen) atoms. The third-order valence-electron chi connectivity index (χ3n) is 1.99. The van der Waals surface area contributed by atoms with Gasteiger partial charge in [0.1, 0.15) is 5.82 Å². The quantitative estimate of drug-likeness (QED) is 0.702. The number of aliphatic hydroxyl groups is 1. The van der Waals surface area contributed by atoms with Crippen LogP contribution in [0.4, 0.5) is 5.82 Å². The summed E-state index contributed by atoms with van der Waals surface area (Å²) >= 11 is 5.68. The topological polar surface area (TPSA) is 91.7 Å². The summed E-state index contributed by atoms with van der Waals surface area (Å²) in [6, 6.07) is 2.62. The Bertz CT molecular complexity index is 400. The molecule has 0 spiro atoms. The van der Waals surface area contributed by atoms with Gasteiger partial charge in [-0.25, -0.2) is 9.78 Å². The molecule has 0 aromatic carbocycles. The number of carboxylic acid groups (broad SMARTS) is 1. The molecule has 0 aliphatic heterocycles. The van der Waals surface area contributed by atoms with Gasteiger partial charge in [-0.15, -0.1) is 0 Å². The van der Waals surface area contributed by atoms with Crippen LogP contribution in [0.5, 0.6) is 0 Å². The predicted molar refractivity (Wildman–Crippen MR) is 62.6 cm³/mol. The molecule has 1 aromatic heterocycles. The number of hydrogen-bond donors (Lipinski definition) is 3. The fourth-order valence-corrected chi connectivity index (χ4v) is 1.41. The van der Waals surface area contributed by atoms with Gasteiger partial charge in [0.05, 0.1) is 24.3 Å². The second-order valence-corrected chi connectivity index (χ2v) is 3.72. The lowest BCUT2D eigenvalue weighted by atomic mass is 10.3. The normalized spacial score (nSPS) is 12.2. The van der Waals surface area contributed by atoms with Crippen LogP contribution in [0.25, 0.3) is 0 Å². The summed E-state index contributed by atoms with van der Waals surface area (Å²) in [6.07, 6.45) is 0. The number of nitrogens with one attached hydrogen (secondary N) is 1. The van der Waals surface area contributed by atoms with Gasteiger partial charge < -0.3 is 20.3 Å². The highest BCUT2D eigenvalue weighted by Crippen LogP contribution is 2.17. The average molecular weight is 261 g/mol. The first-order chi connectivity index (χ1) is 8.08. The van der Waals surface area contributed by atoms with E-state index in [0.717, 1.165) is 0 Å². The molecule has 94 valence electrons. The second-order valence-electron chi connectivity index (χ2n) is 3.31. The fourth-order valence-electron chi connectivity index (χ4n) is 1.22. The number of aromatic carboxylic acids is 1. The summed E-state index contributed by atoms with van der Waals surface area (Å²) < 4.78 is 4.88. The zero-order chi connectivity index (χ0) is 12.8. The molecule has 1 unspecified atom stereocenters. The Labute approximate surface area is 103 Å². The number of nitrogens with zero attached hydrogens (tertiary/aromatic N) is 1. The number of pyridine rings is 1. The van der Waals surface area contributed by atoms with Gasteiger partial charge in [-0.05, 0) is 12.1 Å². The van der Waals surface area contributed by atoms with Crippen LogP contribution >= 0.6 is 11.6 Å². The van der Waals surface area contributed by atoms with Gasteiger partial charge in [0.15, 0.2) is 5.69 Å². The van der Waals surface area contributed by atoms with Crippen LogP contribution in [-0.4, -0.2) is 47.5 Å². The van der Waals surface area contributed by atoms with Gasteiger partial charge in [0.25, 0.3) is 0 Å². The van der Waals surface area contributed by atoms with Gasteiger partial charge >= 0.3 is 5.97 Å². The largest absolute Gasteiger partial charge is 0.476 e. The standard InChI is InChI=1S/C10H13ClN2O4/c1-17-5-6(4-14)12-8-3-2-7(11)9(13-8)10(15)16/h2-3,6,14H,4-5H2,1H3,(H,12,13)(H,15,16). The molecule has 1 heterocycles. The van der Waals surface area contributed by atoms with E-state index in [-0.39, 0.29) is 30.0 Å². The first-order valence-electron chi connectivity index (χ1n) is 4.84. The maximum atomic E-state index is 10.8. The number of carboxylic acids is 1. The predicted octanol–water partition coefficient (Wildman–Crippen LogP) is 0.852. The van der Waals surface area contributed by atoms with Crippen LogP contribution in [0.3, 0.4) is 0 Å². The Kier molecular flexibility index (Phi) is 5.14. The molecule has 6 nitrogen and oxygen atoms in total. The minimum absolute atomic E-state index is 0.0651. The molecule has 0 saturated heterocycles. The van der Waals surface area contributed by atoms with Gasteiger partial charge in [-0.1, -0.05) is 11.6 Å². The van der Waals surface area contributed by atoms with Crippen LogP contribution in [0.2, 0.25) is 5.02 Å². The van der Waals surface area contributed by atoms with Gasteiger partial charge in [-0.2, -0.15) is 0 Å². The number of aliphatic hydroxyl groups excluding tert-OH is 1. The van der Waals surface area contributed by atoms with Crippen molar-refractivity contribution in [1.82, 2.24) is 4.98 Å². The molecule has 0 radical (unpaired) electrons. The van der Waals surface area contributed by atoms with Crippen LogP contribution in [-0.2, 0) is 4.74 Å². The Morgan fingerprint density at radius 2 is 2.35 bits per heavy atom. The Morgan fingerprint density at radius 3 is 2.88 bits per heavy atom. The van der Waals surface area contributed by atoms with Crippen molar-refractivity contribution in [2.24, 2.45) is 0 Å². The number of halogens is 1. The molecule has 0 saturated carbocycles. The van der Waals surface area contributed by atoms with Crippen LogP contribution in [0, 0.1) is 0 Å². The summed E-state index contributed by atoms with van der Waals surface area (Å²) in [5.41, 5.74) is -0.231. The molecular formula is C10H13ClN2O4. The number of anilines is 1. The first kappa shape index (κ1) is 13.7. The third-order valence-corrected chi connectivity index (χ3v) is 2.29. The maximum absolute atomic E-state index is 10.8. The van der Waals surface area contributed by atoms with Crippen molar-refractivity contribution in [3.8, 4) is 0 Å². The van der Waals surface area contributed by atoms with E-state index < -0.39 is 5.97 Å². The molecule has 1 rings (SSSR count). The van der Waals surface area contributed by atoms with E-state index in [4.69, 9.17) is 26.6 Å². The number of hydrogen-bond acceptors (Lipinski definition) is 5. The van der Waals surface area contributed by atoms with E-state index in [1.165, 1.54) is 19.2 Å². The highest BCUT2D eigenvalue weighted by molar-refractivity contribution is 6.33. The van der Waals surface area contributed by atoms with Crippen molar-refractivity contribution in [3.63, 3.8) is 0 Å². The average Bonchev–Trinajstić information content (AvgIpc) is 2.30. The van der Waals surface area contributed by atoms with E-state index in [0.29, 0.717) is 5.82 Å². The van der Waals surface area contributed by atoms with Crippen molar-refractivity contribution >= 4 is 23.4 Å². The van der Waals surface area contributed by atoms with E-state index in [1.54, 1.807) is 0 Å². The summed E-state index contributed by atoms with van der Waals surface area (Å²) in [4.78, 5) is 14.6. The summed E-state index contributed by atoms with van der Waals surface area (Å²) in [5.74, 6) is -0.881. The highest BCUT2D eigenvalue weighted by Gasteiger charge is 2.13. The van der Waals surface area contributed by atoms with Crippen molar-refractivity contribution in [3.05, 3.63) is 22.8 Å². The minimum Gasteiger partial charge on any atom is -0.476 e. The lowest BCUT2D eigenvalue weighted by Gasteiger charge is -2.16. The molecule has 3 N–H and O–H groups in total. The van der Waals surface area contributed by atoms with E-state index in [2.05, 4.69) is 10.3 Å². The summed E-state index contributed by atoms with van der Waals surface area (Å²) in [7, 11) is 1.50. The van der Waals surface area contributed by atoms with Gasteiger partial charge in [-0.3, -0.25) is 0 Å². The molecule has 0 bridgehead atoms. The number of methoxy groups -OCH3 is 1. The van der Waals surface area contributed by atoms with Crippen LogP contribution < -0.4 is 5.32 Å². The molecule has 0 fully saturated rings.